The van der Waals surface area contributed by atoms with Crippen molar-refractivity contribution in [2.45, 2.75) is 94.2 Å². The molecule has 0 unspecified atom stereocenters. The number of carbonyl (C=O) groups is 1. The molecule has 5 N–H and O–H groups in total. The normalized spacial score (nSPS) is 25.4. The van der Waals surface area contributed by atoms with Crippen LogP contribution >= 0.6 is 0 Å². The lowest BCUT2D eigenvalue weighted by molar-refractivity contribution is 0.214. The third-order valence-electron chi connectivity index (χ3n) is 8.44. The van der Waals surface area contributed by atoms with E-state index in [9.17, 15) is 4.79 Å². The average molecular weight is 515 g/mol. The highest BCUT2D eigenvalue weighted by molar-refractivity contribution is 5.74. The Kier molecular flexibility index (Phi) is 7.42. The first-order valence-electron chi connectivity index (χ1n) is 14.2. The summed E-state index contributed by atoms with van der Waals surface area (Å²) < 4.78 is 0. The van der Waals surface area contributed by atoms with Crippen LogP contribution in [0.25, 0.3) is 0 Å². The van der Waals surface area contributed by atoms with Crippen LogP contribution in [0.5, 0.6) is 0 Å². The van der Waals surface area contributed by atoms with Gasteiger partial charge >= 0.3 is 6.03 Å². The number of aromatic nitrogens is 4. The smallest absolute Gasteiger partial charge is 0.315 e. The molecule has 3 saturated carbocycles. The van der Waals surface area contributed by atoms with Crippen molar-refractivity contribution in [1.29, 1.82) is 0 Å². The van der Waals surface area contributed by atoms with Gasteiger partial charge in [-0.15, -0.1) is 0 Å². The Morgan fingerprint density at radius 3 is 2.34 bits per heavy atom. The van der Waals surface area contributed by atoms with Crippen LogP contribution in [0.15, 0.2) is 48.7 Å². The molecule has 9 nitrogen and oxygen atoms in total. The van der Waals surface area contributed by atoms with E-state index >= 15 is 0 Å². The standard InChI is InChI=1S/C29H38N8O/c38-29(33-24-16-21(17-24)19-6-2-1-3-7-19)32-23-12-10-22(11-13-23)31-28-30-15-14-26(35-28)34-27-18-25(36-37-27)20-8-4-5-9-20/h1-3,6-7,14-15,18,20-24H,4-5,8-13,16-17H2,(H2,32,33,38)(H3,30,31,34,35,36,37). The highest BCUT2D eigenvalue weighted by Gasteiger charge is 2.32. The summed E-state index contributed by atoms with van der Waals surface area (Å²) in [7, 11) is 0. The van der Waals surface area contributed by atoms with Gasteiger partial charge in [-0.05, 0) is 68.9 Å². The van der Waals surface area contributed by atoms with Crippen LogP contribution in [0.3, 0.4) is 0 Å². The highest BCUT2D eigenvalue weighted by Crippen LogP contribution is 2.37. The Morgan fingerprint density at radius 2 is 1.55 bits per heavy atom. The van der Waals surface area contributed by atoms with Gasteiger partial charge in [0, 0.05) is 42.0 Å². The minimum Gasteiger partial charge on any atom is -0.351 e. The molecule has 6 rings (SSSR count). The monoisotopic (exact) mass is 514 g/mol. The summed E-state index contributed by atoms with van der Waals surface area (Å²) >= 11 is 0. The van der Waals surface area contributed by atoms with Crippen molar-refractivity contribution in [3.63, 3.8) is 0 Å². The first-order chi connectivity index (χ1) is 18.7. The van der Waals surface area contributed by atoms with E-state index in [-0.39, 0.29) is 18.1 Å². The van der Waals surface area contributed by atoms with E-state index < -0.39 is 0 Å². The summed E-state index contributed by atoms with van der Waals surface area (Å²) in [5.41, 5.74) is 2.58. The molecule has 0 saturated heterocycles. The maximum Gasteiger partial charge on any atom is 0.315 e. The van der Waals surface area contributed by atoms with Gasteiger partial charge in [0.15, 0.2) is 5.82 Å². The van der Waals surface area contributed by atoms with Crippen molar-refractivity contribution in [3.05, 3.63) is 59.9 Å². The van der Waals surface area contributed by atoms with E-state index in [2.05, 4.69) is 71.8 Å². The van der Waals surface area contributed by atoms with E-state index in [4.69, 9.17) is 0 Å². The molecule has 3 aromatic rings. The molecule has 0 radical (unpaired) electrons. The number of hydrogen-bond acceptors (Lipinski definition) is 6. The Hall–Kier alpha value is -3.62. The zero-order chi connectivity index (χ0) is 25.7. The summed E-state index contributed by atoms with van der Waals surface area (Å²) in [6, 6.07) is 15.3. The Morgan fingerprint density at radius 1 is 0.816 bits per heavy atom. The number of benzene rings is 1. The zero-order valence-electron chi connectivity index (χ0n) is 21.8. The van der Waals surface area contributed by atoms with Gasteiger partial charge in [-0.3, -0.25) is 5.10 Å². The van der Waals surface area contributed by atoms with Crippen molar-refractivity contribution < 1.29 is 4.79 Å². The van der Waals surface area contributed by atoms with E-state index in [0.717, 1.165) is 50.2 Å². The van der Waals surface area contributed by atoms with Crippen LogP contribution in [0.2, 0.25) is 0 Å². The van der Waals surface area contributed by atoms with Crippen LogP contribution < -0.4 is 21.3 Å². The van der Waals surface area contributed by atoms with Crippen LogP contribution in [-0.2, 0) is 0 Å². The quantitative estimate of drug-likeness (QED) is 0.268. The molecular formula is C29H38N8O. The van der Waals surface area contributed by atoms with Crippen LogP contribution in [0.1, 0.15) is 87.3 Å². The number of anilines is 3. The van der Waals surface area contributed by atoms with Crippen molar-refractivity contribution in [3.8, 4) is 0 Å². The second kappa shape index (κ2) is 11.4. The molecule has 200 valence electrons. The zero-order valence-corrected chi connectivity index (χ0v) is 21.8. The molecule has 2 amide bonds. The number of nitrogens with one attached hydrogen (secondary N) is 5. The predicted molar refractivity (Wildman–Crippen MR) is 149 cm³/mol. The molecule has 38 heavy (non-hydrogen) atoms. The topological polar surface area (TPSA) is 120 Å². The second-order valence-corrected chi connectivity index (χ2v) is 11.2. The van der Waals surface area contributed by atoms with Gasteiger partial charge in [-0.1, -0.05) is 43.2 Å². The summed E-state index contributed by atoms with van der Waals surface area (Å²) in [6.45, 7) is 0. The third kappa shape index (κ3) is 6.09. The van der Waals surface area contributed by atoms with E-state index in [1.165, 1.54) is 36.9 Å². The van der Waals surface area contributed by atoms with Crippen molar-refractivity contribution in [2.75, 3.05) is 10.6 Å². The fourth-order valence-electron chi connectivity index (χ4n) is 6.19. The Bertz CT molecular complexity index is 1190. The molecule has 9 heteroatoms. The molecule has 3 aliphatic rings. The fourth-order valence-corrected chi connectivity index (χ4v) is 6.19. The van der Waals surface area contributed by atoms with Crippen molar-refractivity contribution in [2.24, 2.45) is 0 Å². The first-order valence-corrected chi connectivity index (χ1v) is 14.2. The van der Waals surface area contributed by atoms with Gasteiger partial charge in [-0.2, -0.15) is 10.1 Å². The van der Waals surface area contributed by atoms with Gasteiger partial charge in [0.05, 0.1) is 0 Å². The van der Waals surface area contributed by atoms with Crippen molar-refractivity contribution in [1.82, 2.24) is 30.8 Å². The molecule has 0 aliphatic heterocycles. The van der Waals surface area contributed by atoms with Gasteiger partial charge in [0.25, 0.3) is 0 Å². The second-order valence-electron chi connectivity index (χ2n) is 11.2. The van der Waals surface area contributed by atoms with Crippen LogP contribution in [0, 0.1) is 0 Å². The molecular weight excluding hydrogens is 476 g/mol. The molecule has 3 aliphatic carbocycles. The van der Waals surface area contributed by atoms with E-state index in [1.54, 1.807) is 6.20 Å². The third-order valence-corrected chi connectivity index (χ3v) is 8.44. The molecule has 2 aromatic heterocycles. The number of hydrogen-bond donors (Lipinski definition) is 5. The van der Waals surface area contributed by atoms with Crippen molar-refractivity contribution >= 4 is 23.6 Å². The molecule has 2 heterocycles. The summed E-state index contributed by atoms with van der Waals surface area (Å²) in [4.78, 5) is 21.6. The van der Waals surface area contributed by atoms with Crippen LogP contribution in [0.4, 0.5) is 22.4 Å². The number of H-pyrrole nitrogens is 1. The number of aromatic amines is 1. The lowest BCUT2D eigenvalue weighted by Gasteiger charge is -2.37. The first kappa shape index (κ1) is 24.7. The number of urea groups is 1. The average Bonchev–Trinajstić information content (AvgIpc) is 3.60. The lowest BCUT2D eigenvalue weighted by Crippen LogP contribution is -2.51. The summed E-state index contributed by atoms with van der Waals surface area (Å²) in [5.74, 6) is 3.30. The van der Waals surface area contributed by atoms with E-state index in [0.29, 0.717) is 23.8 Å². The maximum absolute atomic E-state index is 12.5. The van der Waals surface area contributed by atoms with Gasteiger partial charge in [-0.25, -0.2) is 9.78 Å². The fraction of sp³-hybridized carbons (Fsp3) is 0.517. The highest BCUT2D eigenvalue weighted by atomic mass is 16.2. The van der Waals surface area contributed by atoms with Gasteiger partial charge in [0.2, 0.25) is 5.95 Å². The Labute approximate surface area is 224 Å². The summed E-state index contributed by atoms with van der Waals surface area (Å²) in [5, 5.41) is 20.7. The summed E-state index contributed by atoms with van der Waals surface area (Å²) in [6.07, 6.45) is 12.7. The molecule has 1 aromatic carbocycles. The molecule has 0 spiro atoms. The lowest BCUT2D eigenvalue weighted by atomic mass is 9.76. The van der Waals surface area contributed by atoms with Gasteiger partial charge < -0.3 is 21.3 Å². The minimum absolute atomic E-state index is 0.0329. The Balaban J connectivity index is 0.917. The minimum atomic E-state index is -0.0329. The number of amides is 2. The largest absolute Gasteiger partial charge is 0.351 e. The predicted octanol–water partition coefficient (Wildman–Crippen LogP) is 5.57. The van der Waals surface area contributed by atoms with Crippen LogP contribution in [-0.4, -0.2) is 44.3 Å². The maximum atomic E-state index is 12.5. The molecule has 3 fully saturated rings. The van der Waals surface area contributed by atoms with Gasteiger partial charge in [0.1, 0.15) is 5.82 Å². The molecule has 0 bridgehead atoms. The number of nitrogens with zero attached hydrogens (tertiary/aromatic N) is 3. The van der Waals surface area contributed by atoms with E-state index in [1.807, 2.05) is 12.1 Å². The molecule has 0 atom stereocenters. The number of rotatable bonds is 8. The number of carbonyl (C=O) groups excluding carboxylic acids is 1. The SMILES string of the molecule is O=C(NC1CCC(Nc2nccc(Nc3cc(C4CCCC4)[nH]n3)n2)CC1)NC1CC(c2ccccc2)C1.